The summed E-state index contributed by atoms with van der Waals surface area (Å²) in [6.45, 7) is 3.63. The molecule has 106 valence electrons. The third kappa shape index (κ3) is 1.77. The second kappa shape index (κ2) is 4.24. The molecule has 0 radical (unpaired) electrons. The summed E-state index contributed by atoms with van der Waals surface area (Å²) >= 11 is 0. The van der Waals surface area contributed by atoms with Crippen LogP contribution in [0.4, 0.5) is 11.4 Å². The number of nitrogen functional groups attached to an aromatic ring is 1. The summed E-state index contributed by atoms with van der Waals surface area (Å²) in [4.78, 5) is 0.146. The highest BCUT2D eigenvalue weighted by Crippen LogP contribution is 2.35. The van der Waals surface area contributed by atoms with E-state index in [-0.39, 0.29) is 4.90 Å². The number of aryl methyl sites for hydroxylation is 2. The molecule has 20 heavy (non-hydrogen) atoms. The van der Waals surface area contributed by atoms with Gasteiger partial charge >= 0.3 is 0 Å². The van der Waals surface area contributed by atoms with E-state index in [9.17, 15) is 8.42 Å². The molecule has 3 rings (SSSR count). The zero-order valence-electron chi connectivity index (χ0n) is 11.3. The number of anilines is 2. The summed E-state index contributed by atoms with van der Waals surface area (Å²) in [5, 5.41) is 3.72. The Balaban J connectivity index is 2.14. The lowest BCUT2D eigenvalue weighted by molar-refractivity contribution is 0.390. The molecule has 6 nitrogen and oxygen atoms in total. The smallest absolute Gasteiger partial charge is 0.269 e. The molecule has 1 aliphatic heterocycles. The average molecular weight is 293 g/mol. The van der Waals surface area contributed by atoms with Crippen LogP contribution >= 0.6 is 0 Å². The molecule has 1 aromatic carbocycles. The van der Waals surface area contributed by atoms with Gasteiger partial charge in [0.15, 0.2) is 10.7 Å². The van der Waals surface area contributed by atoms with Crippen molar-refractivity contribution in [3.63, 3.8) is 0 Å². The van der Waals surface area contributed by atoms with Gasteiger partial charge in [0.05, 0.1) is 5.69 Å². The van der Waals surface area contributed by atoms with E-state index >= 15 is 0 Å². The van der Waals surface area contributed by atoms with Gasteiger partial charge in [-0.3, -0.25) is 4.31 Å². The van der Waals surface area contributed by atoms with Gasteiger partial charge in [-0.25, -0.2) is 8.42 Å². The predicted molar refractivity (Wildman–Crippen MR) is 75.1 cm³/mol. The molecular weight excluding hydrogens is 278 g/mol. The number of rotatable bonds is 2. The Morgan fingerprint density at radius 2 is 2.10 bits per heavy atom. The summed E-state index contributed by atoms with van der Waals surface area (Å²) in [5.41, 5.74) is 8.31. The van der Waals surface area contributed by atoms with Crippen LogP contribution in [0.1, 0.15) is 17.0 Å². The zero-order chi connectivity index (χ0) is 14.5. The van der Waals surface area contributed by atoms with Crippen LogP contribution in [0.3, 0.4) is 0 Å². The van der Waals surface area contributed by atoms with Gasteiger partial charge in [0, 0.05) is 12.2 Å². The molecule has 0 saturated carbocycles. The van der Waals surface area contributed by atoms with Crippen molar-refractivity contribution in [3.05, 3.63) is 35.2 Å². The van der Waals surface area contributed by atoms with E-state index in [1.807, 2.05) is 6.07 Å². The van der Waals surface area contributed by atoms with Crippen LogP contribution in [0.5, 0.6) is 0 Å². The second-order valence-electron chi connectivity index (χ2n) is 4.87. The van der Waals surface area contributed by atoms with Crippen LogP contribution in [0, 0.1) is 13.8 Å². The molecule has 2 N–H and O–H groups in total. The fraction of sp³-hybridized carbons (Fsp3) is 0.308. The Labute approximate surface area is 117 Å². The SMILES string of the molecule is Cc1noc(C)c1S(=O)(=O)N1CCc2ccc(N)cc21. The summed E-state index contributed by atoms with van der Waals surface area (Å²) in [6, 6.07) is 5.34. The predicted octanol–water partition coefficient (Wildman–Crippen LogP) is 1.63. The quantitative estimate of drug-likeness (QED) is 0.850. The summed E-state index contributed by atoms with van der Waals surface area (Å²) < 4.78 is 31.9. The highest BCUT2D eigenvalue weighted by Gasteiger charge is 2.35. The molecule has 1 aromatic heterocycles. The first-order valence-corrected chi connectivity index (χ1v) is 7.69. The highest BCUT2D eigenvalue weighted by atomic mass is 32.2. The molecule has 0 amide bonds. The van der Waals surface area contributed by atoms with Crippen LogP contribution in [0.15, 0.2) is 27.6 Å². The van der Waals surface area contributed by atoms with Crippen LogP contribution in [-0.2, 0) is 16.4 Å². The molecule has 0 bridgehead atoms. The number of benzene rings is 1. The Hall–Kier alpha value is -2.02. The van der Waals surface area contributed by atoms with Crippen LogP contribution in [-0.4, -0.2) is 20.1 Å². The van der Waals surface area contributed by atoms with Crippen molar-refractivity contribution in [1.29, 1.82) is 0 Å². The van der Waals surface area contributed by atoms with Crippen molar-refractivity contribution in [2.75, 3.05) is 16.6 Å². The maximum absolute atomic E-state index is 12.8. The first-order chi connectivity index (χ1) is 9.41. The second-order valence-corrected chi connectivity index (χ2v) is 6.67. The minimum absolute atomic E-state index is 0.146. The van der Waals surface area contributed by atoms with Crippen molar-refractivity contribution in [1.82, 2.24) is 5.16 Å². The minimum Gasteiger partial charge on any atom is -0.399 e. The van der Waals surface area contributed by atoms with Crippen molar-refractivity contribution < 1.29 is 12.9 Å². The number of nitrogens with zero attached hydrogens (tertiary/aromatic N) is 2. The van der Waals surface area contributed by atoms with Crippen LogP contribution in [0.25, 0.3) is 0 Å². The Bertz CT molecular complexity index is 761. The van der Waals surface area contributed by atoms with E-state index in [2.05, 4.69) is 5.16 Å². The van der Waals surface area contributed by atoms with Crippen molar-refractivity contribution in [3.8, 4) is 0 Å². The molecule has 0 unspecified atom stereocenters. The van der Waals surface area contributed by atoms with Crippen molar-refractivity contribution in [2.45, 2.75) is 25.2 Å². The standard InChI is InChI=1S/C13H15N3O3S/c1-8-13(9(2)19-15-8)20(17,18)16-6-5-10-3-4-11(14)7-12(10)16/h3-4,7H,5-6,14H2,1-2H3. The monoisotopic (exact) mass is 293 g/mol. The normalized spacial score (nSPS) is 14.6. The maximum atomic E-state index is 12.8. The zero-order valence-corrected chi connectivity index (χ0v) is 12.1. The number of sulfonamides is 1. The number of aromatic nitrogens is 1. The van der Waals surface area contributed by atoms with E-state index < -0.39 is 10.0 Å². The molecular formula is C13H15N3O3S. The topological polar surface area (TPSA) is 89.4 Å². The van der Waals surface area contributed by atoms with Gasteiger partial charge in [-0.1, -0.05) is 11.2 Å². The molecule has 1 aliphatic rings. The minimum atomic E-state index is -3.67. The lowest BCUT2D eigenvalue weighted by Crippen LogP contribution is -2.29. The first-order valence-electron chi connectivity index (χ1n) is 6.25. The average Bonchev–Trinajstić information content (AvgIpc) is 2.93. The number of nitrogens with two attached hydrogens (primary N) is 1. The van der Waals surface area contributed by atoms with Crippen molar-refractivity contribution in [2.24, 2.45) is 0 Å². The molecule has 0 atom stereocenters. The van der Waals surface area contributed by atoms with E-state index in [1.54, 1.807) is 26.0 Å². The molecule has 2 aromatic rings. The van der Waals surface area contributed by atoms with E-state index in [1.165, 1.54) is 4.31 Å². The third-order valence-corrected chi connectivity index (χ3v) is 5.54. The Kier molecular flexibility index (Phi) is 2.75. The summed E-state index contributed by atoms with van der Waals surface area (Å²) in [7, 11) is -3.67. The number of hydrogen-bond acceptors (Lipinski definition) is 5. The molecule has 0 aliphatic carbocycles. The Morgan fingerprint density at radius 3 is 2.75 bits per heavy atom. The van der Waals surface area contributed by atoms with Gasteiger partial charge < -0.3 is 10.3 Å². The fourth-order valence-electron chi connectivity index (χ4n) is 2.57. The Morgan fingerprint density at radius 1 is 1.35 bits per heavy atom. The fourth-order valence-corrected chi connectivity index (χ4v) is 4.36. The van der Waals surface area contributed by atoms with Gasteiger partial charge in [-0.15, -0.1) is 0 Å². The highest BCUT2D eigenvalue weighted by molar-refractivity contribution is 7.93. The van der Waals surface area contributed by atoms with Gasteiger partial charge in [0.1, 0.15) is 5.69 Å². The molecule has 2 heterocycles. The number of hydrogen-bond donors (Lipinski definition) is 1. The van der Waals surface area contributed by atoms with E-state index in [0.717, 1.165) is 5.56 Å². The van der Waals surface area contributed by atoms with Gasteiger partial charge in [-0.05, 0) is 38.0 Å². The van der Waals surface area contributed by atoms with E-state index in [4.69, 9.17) is 10.3 Å². The van der Waals surface area contributed by atoms with Crippen molar-refractivity contribution >= 4 is 21.4 Å². The molecule has 0 saturated heterocycles. The number of fused-ring (bicyclic) bond motifs is 1. The lowest BCUT2D eigenvalue weighted by atomic mass is 10.1. The molecule has 7 heteroatoms. The third-order valence-electron chi connectivity index (χ3n) is 3.48. The van der Waals surface area contributed by atoms with Gasteiger partial charge in [0.25, 0.3) is 10.0 Å². The van der Waals surface area contributed by atoms with E-state index in [0.29, 0.717) is 35.8 Å². The lowest BCUT2D eigenvalue weighted by Gasteiger charge is -2.19. The first kappa shape index (κ1) is 13.0. The maximum Gasteiger partial charge on any atom is 0.269 e. The van der Waals surface area contributed by atoms with Crippen LogP contribution in [0.2, 0.25) is 0 Å². The molecule has 0 spiro atoms. The summed E-state index contributed by atoms with van der Waals surface area (Å²) in [5.74, 6) is 0.305. The van der Waals surface area contributed by atoms with Crippen LogP contribution < -0.4 is 10.0 Å². The van der Waals surface area contributed by atoms with Gasteiger partial charge in [0.2, 0.25) is 0 Å². The summed E-state index contributed by atoms with van der Waals surface area (Å²) in [6.07, 6.45) is 0.679. The largest absolute Gasteiger partial charge is 0.399 e. The molecule has 0 fully saturated rings. The van der Waals surface area contributed by atoms with Gasteiger partial charge in [-0.2, -0.15) is 0 Å².